The highest BCUT2D eigenvalue weighted by Crippen LogP contribution is 2.36. The van der Waals surface area contributed by atoms with Crippen LogP contribution in [-0.4, -0.2) is 31.5 Å². The highest BCUT2D eigenvalue weighted by molar-refractivity contribution is 8.26. The highest BCUT2D eigenvalue weighted by atomic mass is 32.2. The van der Waals surface area contributed by atoms with Crippen molar-refractivity contribution in [1.82, 2.24) is 14.7 Å². The van der Waals surface area contributed by atoms with E-state index in [1.165, 1.54) is 11.8 Å². The minimum Gasteiger partial charge on any atom is -0.490 e. The zero-order valence-electron chi connectivity index (χ0n) is 19.4. The molecule has 1 aromatic heterocycles. The molecular formula is C29H23N3O2S2. The maximum atomic E-state index is 13.3. The largest absolute Gasteiger partial charge is 0.490 e. The van der Waals surface area contributed by atoms with E-state index in [0.717, 1.165) is 33.8 Å². The molecule has 0 radical (unpaired) electrons. The Hall–Kier alpha value is -3.94. The van der Waals surface area contributed by atoms with E-state index in [-0.39, 0.29) is 5.91 Å². The summed E-state index contributed by atoms with van der Waals surface area (Å²) in [4.78, 5) is 15.5. The molecule has 5 rings (SSSR count). The number of rotatable bonds is 8. The third-order valence-electron chi connectivity index (χ3n) is 5.60. The minimum absolute atomic E-state index is 0.0968. The third kappa shape index (κ3) is 5.17. The molecule has 0 unspecified atom stereocenters. The summed E-state index contributed by atoms with van der Waals surface area (Å²) < 4.78 is 8.00. The summed E-state index contributed by atoms with van der Waals surface area (Å²) in [5.41, 5.74) is 4.48. The monoisotopic (exact) mass is 509 g/mol. The summed E-state index contributed by atoms with van der Waals surface area (Å²) >= 11 is 6.87. The number of benzene rings is 3. The summed E-state index contributed by atoms with van der Waals surface area (Å²) in [6, 6.07) is 27.5. The SMILES string of the molecule is C=CCOc1ccc(-c2nn(-c3ccccc3)cc2/C=C2/SC(=S)N(Cc3ccccc3)C2=O)cc1. The first-order valence-electron chi connectivity index (χ1n) is 11.4. The van der Waals surface area contributed by atoms with Gasteiger partial charge in [0.25, 0.3) is 5.91 Å². The first-order chi connectivity index (χ1) is 17.6. The van der Waals surface area contributed by atoms with Gasteiger partial charge in [-0.2, -0.15) is 5.10 Å². The Morgan fingerprint density at radius 3 is 2.36 bits per heavy atom. The van der Waals surface area contributed by atoms with Crippen molar-refractivity contribution in [3.05, 3.63) is 120 Å². The molecule has 0 atom stereocenters. The van der Waals surface area contributed by atoms with Crippen LogP contribution in [-0.2, 0) is 11.3 Å². The van der Waals surface area contributed by atoms with Gasteiger partial charge in [-0.3, -0.25) is 9.69 Å². The van der Waals surface area contributed by atoms with Crippen LogP contribution in [0.15, 0.2) is 109 Å². The van der Waals surface area contributed by atoms with Crippen LogP contribution >= 0.6 is 24.0 Å². The second-order valence-corrected chi connectivity index (χ2v) is 9.77. The van der Waals surface area contributed by atoms with Crippen LogP contribution in [0.25, 0.3) is 23.0 Å². The van der Waals surface area contributed by atoms with Gasteiger partial charge < -0.3 is 4.74 Å². The Morgan fingerprint density at radius 2 is 1.67 bits per heavy atom. The lowest BCUT2D eigenvalue weighted by Crippen LogP contribution is -2.27. The fourth-order valence-corrected chi connectivity index (χ4v) is 5.08. The van der Waals surface area contributed by atoms with Gasteiger partial charge in [-0.25, -0.2) is 4.68 Å². The quantitative estimate of drug-likeness (QED) is 0.154. The molecule has 1 aliphatic rings. The van der Waals surface area contributed by atoms with Crippen LogP contribution in [0.3, 0.4) is 0 Å². The maximum absolute atomic E-state index is 13.3. The van der Waals surface area contributed by atoms with E-state index < -0.39 is 0 Å². The van der Waals surface area contributed by atoms with Crippen molar-refractivity contribution in [2.45, 2.75) is 6.54 Å². The number of amides is 1. The molecule has 7 heteroatoms. The molecule has 2 heterocycles. The van der Waals surface area contributed by atoms with Crippen LogP contribution in [0, 0.1) is 0 Å². The molecule has 4 aromatic rings. The topological polar surface area (TPSA) is 47.4 Å². The van der Waals surface area contributed by atoms with Gasteiger partial charge in [0.15, 0.2) is 0 Å². The number of carbonyl (C=O) groups excluding carboxylic acids is 1. The molecular weight excluding hydrogens is 486 g/mol. The summed E-state index contributed by atoms with van der Waals surface area (Å²) in [6.45, 7) is 4.58. The van der Waals surface area contributed by atoms with Crippen molar-refractivity contribution >= 4 is 40.3 Å². The van der Waals surface area contributed by atoms with Crippen molar-refractivity contribution in [2.75, 3.05) is 6.61 Å². The van der Waals surface area contributed by atoms with Gasteiger partial charge in [0.2, 0.25) is 0 Å². The molecule has 36 heavy (non-hydrogen) atoms. The van der Waals surface area contributed by atoms with Crippen molar-refractivity contribution in [3.63, 3.8) is 0 Å². The lowest BCUT2D eigenvalue weighted by molar-refractivity contribution is -0.122. The summed E-state index contributed by atoms with van der Waals surface area (Å²) in [5, 5.41) is 4.86. The number of thioether (sulfide) groups is 1. The van der Waals surface area contributed by atoms with Crippen LogP contribution in [0.2, 0.25) is 0 Å². The van der Waals surface area contributed by atoms with Crippen molar-refractivity contribution in [1.29, 1.82) is 0 Å². The Morgan fingerprint density at radius 1 is 0.972 bits per heavy atom. The van der Waals surface area contributed by atoms with Gasteiger partial charge in [-0.15, -0.1) is 0 Å². The average molecular weight is 510 g/mol. The number of hydrogen-bond acceptors (Lipinski definition) is 5. The van der Waals surface area contributed by atoms with Crippen molar-refractivity contribution < 1.29 is 9.53 Å². The molecule has 0 spiro atoms. The fraction of sp³-hybridized carbons (Fsp3) is 0.0690. The molecule has 3 aromatic carbocycles. The molecule has 1 saturated heterocycles. The maximum Gasteiger partial charge on any atom is 0.266 e. The van der Waals surface area contributed by atoms with Gasteiger partial charge in [-0.05, 0) is 48.0 Å². The molecule has 0 aliphatic carbocycles. The minimum atomic E-state index is -0.0968. The van der Waals surface area contributed by atoms with Crippen LogP contribution in [0.5, 0.6) is 5.75 Å². The Balaban J connectivity index is 1.50. The average Bonchev–Trinajstić information content (AvgIpc) is 3.45. The van der Waals surface area contributed by atoms with Gasteiger partial charge in [0, 0.05) is 17.3 Å². The molecule has 178 valence electrons. The van der Waals surface area contributed by atoms with E-state index in [2.05, 4.69) is 6.58 Å². The van der Waals surface area contributed by atoms with E-state index in [1.807, 2.05) is 102 Å². The zero-order chi connectivity index (χ0) is 24.9. The third-order valence-corrected chi connectivity index (χ3v) is 6.98. The highest BCUT2D eigenvalue weighted by Gasteiger charge is 2.32. The summed E-state index contributed by atoms with van der Waals surface area (Å²) in [5.74, 6) is 0.657. The van der Waals surface area contributed by atoms with Crippen LogP contribution < -0.4 is 4.74 Å². The number of ether oxygens (including phenoxy) is 1. The predicted octanol–water partition coefficient (Wildman–Crippen LogP) is 6.51. The second kappa shape index (κ2) is 10.8. The molecule has 5 nitrogen and oxygen atoms in total. The Kier molecular flexibility index (Phi) is 7.11. The number of thiocarbonyl (C=S) groups is 1. The van der Waals surface area contributed by atoms with Gasteiger partial charge >= 0.3 is 0 Å². The Bertz CT molecular complexity index is 1430. The second-order valence-electron chi connectivity index (χ2n) is 8.09. The van der Waals surface area contributed by atoms with E-state index in [9.17, 15) is 4.79 Å². The number of carbonyl (C=O) groups is 1. The van der Waals surface area contributed by atoms with E-state index in [4.69, 9.17) is 22.1 Å². The van der Waals surface area contributed by atoms with E-state index >= 15 is 0 Å². The molecule has 0 saturated carbocycles. The van der Waals surface area contributed by atoms with Crippen molar-refractivity contribution in [2.24, 2.45) is 0 Å². The molecule has 0 N–H and O–H groups in total. The van der Waals surface area contributed by atoms with Crippen molar-refractivity contribution in [3.8, 4) is 22.7 Å². The van der Waals surface area contributed by atoms with Crippen LogP contribution in [0.1, 0.15) is 11.1 Å². The molecule has 0 bridgehead atoms. The van der Waals surface area contributed by atoms with E-state index in [0.29, 0.717) is 22.4 Å². The first kappa shape index (κ1) is 23.8. The lowest BCUT2D eigenvalue weighted by atomic mass is 10.1. The number of aromatic nitrogens is 2. The first-order valence-corrected chi connectivity index (χ1v) is 12.6. The standard InChI is InChI=1S/C29H23N3O2S2/c1-2-17-34-25-15-13-22(14-16-25)27-23(20-32(30-27)24-11-7-4-8-12-24)18-26-28(33)31(29(35)36-26)19-21-9-5-3-6-10-21/h2-16,18,20H,1,17,19H2/b26-18+. The summed E-state index contributed by atoms with van der Waals surface area (Å²) in [6.07, 6.45) is 5.53. The number of nitrogens with zero attached hydrogens (tertiary/aromatic N) is 3. The van der Waals surface area contributed by atoms with Gasteiger partial charge in [0.1, 0.15) is 16.7 Å². The Labute approximate surface area is 219 Å². The zero-order valence-corrected chi connectivity index (χ0v) is 21.0. The smallest absolute Gasteiger partial charge is 0.266 e. The summed E-state index contributed by atoms with van der Waals surface area (Å²) in [7, 11) is 0. The van der Waals surface area contributed by atoms with Gasteiger partial charge in [-0.1, -0.05) is 85.2 Å². The number of hydrogen-bond donors (Lipinski definition) is 0. The molecule has 1 fully saturated rings. The number of para-hydroxylation sites is 1. The predicted molar refractivity (Wildman–Crippen MR) is 150 cm³/mol. The fourth-order valence-electron chi connectivity index (χ4n) is 3.84. The van der Waals surface area contributed by atoms with Gasteiger partial charge in [0.05, 0.1) is 22.8 Å². The van der Waals surface area contributed by atoms with Crippen LogP contribution in [0.4, 0.5) is 0 Å². The van der Waals surface area contributed by atoms with E-state index in [1.54, 1.807) is 11.0 Å². The molecule has 1 amide bonds. The lowest BCUT2D eigenvalue weighted by Gasteiger charge is -2.14. The molecule has 1 aliphatic heterocycles. The normalized spacial score (nSPS) is 14.4.